The molecule has 0 aromatic carbocycles. The first kappa shape index (κ1) is 56.1. The molecule has 2 unspecified atom stereocenters. The third-order valence-corrected chi connectivity index (χ3v) is 11.5. The normalized spacial score (nSPS) is 13.4. The first-order chi connectivity index (χ1) is 28.7. The average Bonchev–Trinajstić information content (AvgIpc) is 3.23. The van der Waals surface area contributed by atoms with Crippen LogP contribution in [0.3, 0.4) is 0 Å². The van der Waals surface area contributed by atoms with Crippen molar-refractivity contribution in [3.8, 4) is 0 Å². The SMILES string of the molecule is CCCCC/C=C/CC/C=C/C(O)C(CO)NC(=O)CCCCCCCCCCCCCCCCCCCCCCCC/C=C\C/C=C\C/C=C\CCCCCCC. The highest BCUT2D eigenvalue weighted by molar-refractivity contribution is 5.76. The van der Waals surface area contributed by atoms with Crippen molar-refractivity contribution in [2.45, 2.75) is 270 Å². The summed E-state index contributed by atoms with van der Waals surface area (Å²) in [6.07, 6.45) is 69.6. The lowest BCUT2D eigenvalue weighted by molar-refractivity contribution is -0.123. The Morgan fingerprint density at radius 3 is 1.16 bits per heavy atom. The van der Waals surface area contributed by atoms with Crippen LogP contribution in [0.5, 0.6) is 0 Å². The van der Waals surface area contributed by atoms with Crippen molar-refractivity contribution >= 4 is 5.91 Å². The fourth-order valence-electron chi connectivity index (χ4n) is 7.55. The van der Waals surface area contributed by atoms with Crippen molar-refractivity contribution < 1.29 is 15.0 Å². The second kappa shape index (κ2) is 49.5. The van der Waals surface area contributed by atoms with Crippen LogP contribution in [0, 0.1) is 0 Å². The number of allylic oxidation sites excluding steroid dienone is 9. The van der Waals surface area contributed by atoms with E-state index in [9.17, 15) is 15.0 Å². The Bertz CT molecular complexity index is 965. The van der Waals surface area contributed by atoms with Crippen LogP contribution in [0.25, 0.3) is 0 Å². The zero-order valence-corrected chi connectivity index (χ0v) is 38.8. The smallest absolute Gasteiger partial charge is 0.220 e. The van der Waals surface area contributed by atoms with E-state index in [4.69, 9.17) is 0 Å². The van der Waals surface area contributed by atoms with Gasteiger partial charge in [-0.1, -0.05) is 242 Å². The summed E-state index contributed by atoms with van der Waals surface area (Å²) >= 11 is 0. The minimum atomic E-state index is -0.859. The van der Waals surface area contributed by atoms with Gasteiger partial charge in [0.15, 0.2) is 0 Å². The van der Waals surface area contributed by atoms with Gasteiger partial charge in [0.1, 0.15) is 0 Å². The number of hydrogen-bond acceptors (Lipinski definition) is 3. The number of unbranched alkanes of at least 4 members (excludes halogenated alkanes) is 31. The topological polar surface area (TPSA) is 69.6 Å². The Hall–Kier alpha value is -1.91. The molecule has 3 N–H and O–H groups in total. The van der Waals surface area contributed by atoms with Crippen LogP contribution in [-0.2, 0) is 4.79 Å². The van der Waals surface area contributed by atoms with Crippen LogP contribution in [0.4, 0.5) is 0 Å². The molecule has 4 nitrogen and oxygen atoms in total. The van der Waals surface area contributed by atoms with Crippen molar-refractivity contribution in [3.63, 3.8) is 0 Å². The molecule has 0 saturated heterocycles. The standard InChI is InChI=1S/C54H99NO3/c1-3-5-7-9-11-13-14-15-16-17-18-19-20-21-22-23-24-25-26-27-28-29-30-31-32-33-34-35-36-37-38-39-40-42-44-46-48-50-54(58)55-52(51-56)53(57)49-47-45-43-41-12-10-8-6-4-2/h12,14-15,17-18,20-21,41,47,49,52-53,56-57H,3-11,13,16,19,22-40,42-46,48,50-51H2,1-2H3,(H,55,58)/b15-14-,18-17-,21-20-,41-12+,49-47+. The maximum atomic E-state index is 12.4. The number of carbonyl (C=O) groups excluding carboxylic acids is 1. The minimum Gasteiger partial charge on any atom is -0.394 e. The molecule has 1 amide bonds. The van der Waals surface area contributed by atoms with Crippen LogP contribution in [0.1, 0.15) is 258 Å². The van der Waals surface area contributed by atoms with Crippen molar-refractivity contribution in [2.75, 3.05) is 6.61 Å². The second-order valence-electron chi connectivity index (χ2n) is 17.2. The monoisotopic (exact) mass is 810 g/mol. The van der Waals surface area contributed by atoms with E-state index in [-0.39, 0.29) is 12.5 Å². The molecule has 2 atom stereocenters. The van der Waals surface area contributed by atoms with Crippen molar-refractivity contribution in [3.05, 3.63) is 60.8 Å². The molecule has 338 valence electrons. The molecule has 0 aromatic rings. The summed E-state index contributed by atoms with van der Waals surface area (Å²) in [5, 5.41) is 22.9. The van der Waals surface area contributed by atoms with E-state index in [0.29, 0.717) is 6.42 Å². The first-order valence-electron chi connectivity index (χ1n) is 25.5. The van der Waals surface area contributed by atoms with E-state index in [0.717, 1.165) is 44.9 Å². The molecule has 0 aliphatic carbocycles. The molecule has 0 heterocycles. The average molecular weight is 810 g/mol. The number of hydrogen-bond donors (Lipinski definition) is 3. The third-order valence-electron chi connectivity index (χ3n) is 11.5. The lowest BCUT2D eigenvalue weighted by atomic mass is 10.0. The fourth-order valence-corrected chi connectivity index (χ4v) is 7.55. The number of nitrogens with one attached hydrogen (secondary N) is 1. The van der Waals surface area contributed by atoms with E-state index in [2.05, 4.69) is 67.8 Å². The summed E-state index contributed by atoms with van der Waals surface area (Å²) in [4.78, 5) is 12.4. The van der Waals surface area contributed by atoms with Crippen molar-refractivity contribution in [1.29, 1.82) is 0 Å². The van der Waals surface area contributed by atoms with Crippen molar-refractivity contribution in [1.82, 2.24) is 5.32 Å². The molecule has 0 bridgehead atoms. The van der Waals surface area contributed by atoms with Gasteiger partial charge >= 0.3 is 0 Å². The van der Waals surface area contributed by atoms with Crippen LogP contribution in [-0.4, -0.2) is 34.9 Å². The summed E-state index contributed by atoms with van der Waals surface area (Å²) in [6.45, 7) is 4.24. The van der Waals surface area contributed by atoms with Gasteiger partial charge in [-0.3, -0.25) is 4.79 Å². The fraction of sp³-hybridized carbons (Fsp3) is 0.796. The Morgan fingerprint density at radius 1 is 0.414 bits per heavy atom. The molecule has 0 radical (unpaired) electrons. The van der Waals surface area contributed by atoms with Gasteiger partial charge in [-0.25, -0.2) is 0 Å². The van der Waals surface area contributed by atoms with E-state index >= 15 is 0 Å². The number of carbonyl (C=O) groups is 1. The van der Waals surface area contributed by atoms with Crippen LogP contribution in [0.2, 0.25) is 0 Å². The number of aliphatic hydroxyl groups is 2. The molecule has 0 aliphatic rings. The van der Waals surface area contributed by atoms with Gasteiger partial charge in [-0.05, 0) is 70.6 Å². The second-order valence-corrected chi connectivity index (χ2v) is 17.2. The largest absolute Gasteiger partial charge is 0.394 e. The Kier molecular flexibility index (Phi) is 47.8. The molecular weight excluding hydrogens is 711 g/mol. The number of aliphatic hydroxyl groups excluding tert-OH is 2. The molecular formula is C54H99NO3. The zero-order valence-electron chi connectivity index (χ0n) is 38.8. The molecule has 0 fully saturated rings. The van der Waals surface area contributed by atoms with E-state index in [1.54, 1.807) is 6.08 Å². The predicted octanol–water partition coefficient (Wildman–Crippen LogP) is 16.5. The Morgan fingerprint density at radius 2 is 0.724 bits per heavy atom. The Balaban J connectivity index is 3.40. The first-order valence-corrected chi connectivity index (χ1v) is 25.5. The van der Waals surface area contributed by atoms with E-state index < -0.39 is 12.1 Å². The van der Waals surface area contributed by atoms with E-state index in [1.807, 2.05) is 6.08 Å². The quantitative estimate of drug-likeness (QED) is 0.0424. The molecule has 58 heavy (non-hydrogen) atoms. The highest BCUT2D eigenvalue weighted by atomic mass is 16.3. The van der Waals surface area contributed by atoms with Crippen LogP contribution in [0.15, 0.2) is 60.8 Å². The molecule has 0 rings (SSSR count). The van der Waals surface area contributed by atoms with Gasteiger partial charge in [0, 0.05) is 6.42 Å². The van der Waals surface area contributed by atoms with Crippen LogP contribution < -0.4 is 5.32 Å². The van der Waals surface area contributed by atoms with Gasteiger partial charge < -0.3 is 15.5 Å². The summed E-state index contributed by atoms with van der Waals surface area (Å²) in [7, 11) is 0. The third kappa shape index (κ3) is 45.2. The lowest BCUT2D eigenvalue weighted by Crippen LogP contribution is -2.45. The predicted molar refractivity (Wildman–Crippen MR) is 258 cm³/mol. The van der Waals surface area contributed by atoms with Gasteiger partial charge in [0.2, 0.25) is 5.91 Å². The van der Waals surface area contributed by atoms with E-state index in [1.165, 1.54) is 193 Å². The van der Waals surface area contributed by atoms with Crippen LogP contribution >= 0.6 is 0 Å². The molecule has 0 saturated carbocycles. The van der Waals surface area contributed by atoms with Gasteiger partial charge in [0.05, 0.1) is 18.8 Å². The van der Waals surface area contributed by atoms with Gasteiger partial charge in [-0.2, -0.15) is 0 Å². The zero-order chi connectivity index (χ0) is 42.1. The van der Waals surface area contributed by atoms with Gasteiger partial charge in [-0.15, -0.1) is 0 Å². The highest BCUT2D eigenvalue weighted by Crippen LogP contribution is 2.16. The molecule has 4 heteroatoms. The molecule has 0 aliphatic heterocycles. The molecule has 0 spiro atoms. The maximum absolute atomic E-state index is 12.4. The summed E-state index contributed by atoms with van der Waals surface area (Å²) < 4.78 is 0. The highest BCUT2D eigenvalue weighted by Gasteiger charge is 2.17. The number of amides is 1. The summed E-state index contributed by atoms with van der Waals surface area (Å²) in [5.41, 5.74) is 0. The number of rotatable bonds is 46. The minimum absolute atomic E-state index is 0.0750. The molecule has 0 aromatic heterocycles. The maximum Gasteiger partial charge on any atom is 0.220 e. The van der Waals surface area contributed by atoms with Gasteiger partial charge in [0.25, 0.3) is 0 Å². The summed E-state index contributed by atoms with van der Waals surface area (Å²) in [5.74, 6) is -0.0750. The Labute approximate surface area is 362 Å². The summed E-state index contributed by atoms with van der Waals surface area (Å²) in [6, 6.07) is -0.636. The lowest BCUT2D eigenvalue weighted by Gasteiger charge is -2.19. The van der Waals surface area contributed by atoms with Crippen molar-refractivity contribution in [2.24, 2.45) is 0 Å².